The Morgan fingerprint density at radius 1 is 1.12 bits per heavy atom. The van der Waals surface area contributed by atoms with Gasteiger partial charge in [0.25, 0.3) is 0 Å². The molecule has 0 saturated carbocycles. The number of hydrogen-bond donors (Lipinski definition) is 0. The molecule has 0 atom stereocenters. The molecule has 3 nitrogen and oxygen atoms in total. The van der Waals surface area contributed by atoms with Gasteiger partial charge in [-0.3, -0.25) is 0 Å². The van der Waals surface area contributed by atoms with E-state index in [2.05, 4.69) is 0 Å². The van der Waals surface area contributed by atoms with Crippen LogP contribution in [-0.2, 0) is 10.3 Å². The quantitative estimate of drug-likeness (QED) is 0.750. The van der Waals surface area contributed by atoms with Crippen molar-refractivity contribution in [3.8, 4) is 0 Å². The first-order chi connectivity index (χ1) is 8.18. The van der Waals surface area contributed by atoms with Crippen LogP contribution in [0.2, 0.25) is 0 Å². The normalized spacial score (nSPS) is 14.4. The lowest BCUT2D eigenvalue weighted by atomic mass is 10.1. The van der Waals surface area contributed by atoms with Gasteiger partial charge < -0.3 is 4.90 Å². The molecule has 1 aromatic rings. The van der Waals surface area contributed by atoms with E-state index < -0.39 is 10.3 Å². The number of rotatable bonds is 2. The number of benzene rings is 1. The Labute approximate surface area is 102 Å². The SMILES string of the molecule is CN(C1=CCC(=S(=O)=O)C=C1)c1ccccc1. The highest BCUT2D eigenvalue weighted by Gasteiger charge is 2.08. The third kappa shape index (κ3) is 2.65. The number of nitrogens with zero attached hydrogens (tertiary/aromatic N) is 1. The second-order valence-electron chi connectivity index (χ2n) is 3.76. The number of para-hydroxylation sites is 1. The lowest BCUT2D eigenvalue weighted by molar-refractivity contribution is 0.627. The first-order valence-corrected chi connectivity index (χ1v) is 6.38. The predicted molar refractivity (Wildman–Crippen MR) is 70.6 cm³/mol. The zero-order chi connectivity index (χ0) is 12.3. The van der Waals surface area contributed by atoms with Gasteiger partial charge in [-0.25, -0.2) is 0 Å². The highest BCUT2D eigenvalue weighted by molar-refractivity contribution is 7.73. The lowest BCUT2D eigenvalue weighted by Gasteiger charge is -2.22. The third-order valence-corrected chi connectivity index (χ3v) is 3.43. The van der Waals surface area contributed by atoms with Gasteiger partial charge in [0.15, 0.2) is 0 Å². The molecule has 1 aliphatic carbocycles. The molecule has 88 valence electrons. The first kappa shape index (κ1) is 11.7. The highest BCUT2D eigenvalue weighted by Crippen LogP contribution is 2.19. The van der Waals surface area contributed by atoms with Crippen LogP contribution < -0.4 is 4.90 Å². The van der Waals surface area contributed by atoms with Gasteiger partial charge in [-0.1, -0.05) is 24.3 Å². The fourth-order valence-corrected chi connectivity index (χ4v) is 2.09. The molecule has 2 rings (SSSR count). The molecule has 0 unspecified atom stereocenters. The van der Waals surface area contributed by atoms with Gasteiger partial charge in [0.1, 0.15) is 0 Å². The summed E-state index contributed by atoms with van der Waals surface area (Å²) in [7, 11) is -0.145. The maximum atomic E-state index is 10.8. The molecular formula is C13H13NO2S. The number of allylic oxidation sites excluding steroid dienone is 3. The number of anilines is 1. The van der Waals surface area contributed by atoms with Crippen molar-refractivity contribution in [1.29, 1.82) is 0 Å². The van der Waals surface area contributed by atoms with Gasteiger partial charge in [-0.05, 0) is 24.3 Å². The molecule has 1 aromatic carbocycles. The summed E-state index contributed by atoms with van der Waals surface area (Å²) < 4.78 is 21.5. The molecule has 0 amide bonds. The van der Waals surface area contributed by atoms with E-state index in [9.17, 15) is 8.42 Å². The van der Waals surface area contributed by atoms with Gasteiger partial charge >= 0.3 is 0 Å². The summed E-state index contributed by atoms with van der Waals surface area (Å²) in [5, 5.41) is 0. The summed E-state index contributed by atoms with van der Waals surface area (Å²) in [6.45, 7) is 0. The van der Waals surface area contributed by atoms with Crippen molar-refractivity contribution in [1.82, 2.24) is 0 Å². The Morgan fingerprint density at radius 2 is 1.82 bits per heavy atom. The van der Waals surface area contributed by atoms with Crippen LogP contribution >= 0.6 is 0 Å². The van der Waals surface area contributed by atoms with Gasteiger partial charge in [-0.15, -0.1) is 0 Å². The zero-order valence-corrected chi connectivity index (χ0v) is 10.3. The topological polar surface area (TPSA) is 37.4 Å². The van der Waals surface area contributed by atoms with Crippen LogP contribution in [0.5, 0.6) is 0 Å². The molecule has 0 heterocycles. The van der Waals surface area contributed by atoms with Crippen molar-refractivity contribution >= 4 is 20.8 Å². The van der Waals surface area contributed by atoms with Gasteiger partial charge in [0, 0.05) is 24.9 Å². The molecule has 0 radical (unpaired) electrons. The average molecular weight is 247 g/mol. The van der Waals surface area contributed by atoms with E-state index in [0.29, 0.717) is 11.3 Å². The van der Waals surface area contributed by atoms with Crippen LogP contribution in [0.25, 0.3) is 0 Å². The number of likely N-dealkylation sites (N-methyl/N-ethyl adjacent to an activating group) is 1. The van der Waals surface area contributed by atoms with Crippen LogP contribution in [0.1, 0.15) is 6.42 Å². The fourth-order valence-electron chi connectivity index (χ4n) is 1.69. The minimum Gasteiger partial charge on any atom is -0.345 e. The molecule has 0 N–H and O–H groups in total. The van der Waals surface area contributed by atoms with Crippen molar-refractivity contribution in [2.45, 2.75) is 6.42 Å². The zero-order valence-electron chi connectivity index (χ0n) is 9.50. The van der Waals surface area contributed by atoms with Crippen LogP contribution in [-0.4, -0.2) is 20.3 Å². The average Bonchev–Trinajstić information content (AvgIpc) is 2.39. The number of hydrogen-bond acceptors (Lipinski definition) is 3. The van der Waals surface area contributed by atoms with Crippen LogP contribution in [0.3, 0.4) is 0 Å². The minimum absolute atomic E-state index is 0.426. The summed E-state index contributed by atoms with van der Waals surface area (Å²) >= 11 is 0. The monoisotopic (exact) mass is 247 g/mol. The standard InChI is InChI=1S/C13H13NO2S/c1-14(11-5-3-2-4-6-11)12-7-9-13(10-8-12)17(15)16/h2-9H,10H2,1H3. The van der Waals surface area contributed by atoms with Crippen LogP contribution in [0.15, 0.2) is 54.3 Å². The van der Waals surface area contributed by atoms with E-state index in [1.54, 1.807) is 6.08 Å². The summed E-state index contributed by atoms with van der Waals surface area (Å²) in [6.07, 6.45) is 5.84. The molecule has 17 heavy (non-hydrogen) atoms. The molecule has 0 saturated heterocycles. The van der Waals surface area contributed by atoms with E-state index >= 15 is 0 Å². The Kier molecular flexibility index (Phi) is 3.44. The lowest BCUT2D eigenvalue weighted by Crippen LogP contribution is -2.17. The summed E-state index contributed by atoms with van der Waals surface area (Å²) in [4.78, 5) is 2.45. The van der Waals surface area contributed by atoms with Gasteiger partial charge in [0.05, 0.1) is 4.86 Å². The summed E-state index contributed by atoms with van der Waals surface area (Å²) in [5.74, 6) is 0. The molecule has 4 heteroatoms. The van der Waals surface area contributed by atoms with Crippen molar-refractivity contribution in [3.05, 3.63) is 54.3 Å². The van der Waals surface area contributed by atoms with Crippen molar-refractivity contribution in [2.75, 3.05) is 11.9 Å². The largest absolute Gasteiger partial charge is 0.345 e. The molecule has 1 aliphatic rings. The summed E-state index contributed by atoms with van der Waals surface area (Å²) in [5.41, 5.74) is 2.08. The van der Waals surface area contributed by atoms with Crippen molar-refractivity contribution < 1.29 is 8.42 Å². The Morgan fingerprint density at radius 3 is 2.35 bits per heavy atom. The highest BCUT2D eigenvalue weighted by atomic mass is 32.2. The van der Waals surface area contributed by atoms with Crippen LogP contribution in [0.4, 0.5) is 5.69 Å². The second kappa shape index (κ2) is 5.01. The smallest absolute Gasteiger partial charge is 0.217 e. The van der Waals surface area contributed by atoms with Crippen molar-refractivity contribution in [2.24, 2.45) is 0 Å². The summed E-state index contributed by atoms with van der Waals surface area (Å²) in [6, 6.07) is 9.95. The second-order valence-corrected chi connectivity index (χ2v) is 4.76. The van der Waals surface area contributed by atoms with Crippen LogP contribution in [0, 0.1) is 0 Å². The molecular weight excluding hydrogens is 234 g/mol. The molecule has 0 spiro atoms. The van der Waals surface area contributed by atoms with Gasteiger partial charge in [0.2, 0.25) is 10.3 Å². The van der Waals surface area contributed by atoms with E-state index in [4.69, 9.17) is 0 Å². The van der Waals surface area contributed by atoms with Crippen molar-refractivity contribution in [3.63, 3.8) is 0 Å². The van der Waals surface area contributed by atoms with Gasteiger partial charge in [-0.2, -0.15) is 8.42 Å². The van der Waals surface area contributed by atoms with E-state index in [0.717, 1.165) is 11.4 Å². The Balaban J connectivity index is 2.23. The van der Waals surface area contributed by atoms with E-state index in [1.807, 2.05) is 54.4 Å². The first-order valence-electron chi connectivity index (χ1n) is 5.30. The Hall–Kier alpha value is -1.81. The maximum absolute atomic E-state index is 10.8. The molecule has 0 aliphatic heterocycles. The molecule has 0 fully saturated rings. The predicted octanol–water partition coefficient (Wildman–Crippen LogP) is 2.02. The molecule has 0 aromatic heterocycles. The third-order valence-electron chi connectivity index (χ3n) is 2.70. The van der Waals surface area contributed by atoms with E-state index in [-0.39, 0.29) is 0 Å². The molecule has 0 bridgehead atoms. The Bertz CT molecular complexity index is 590. The van der Waals surface area contributed by atoms with E-state index in [1.165, 1.54) is 0 Å². The fraction of sp³-hybridized carbons (Fsp3) is 0.154. The maximum Gasteiger partial charge on any atom is 0.217 e. The minimum atomic E-state index is -2.11.